The molecule has 0 atom stereocenters. The Balaban J connectivity index is 1.23. The highest BCUT2D eigenvalue weighted by Gasteiger charge is 2.47. The third kappa shape index (κ3) is 5.39. The van der Waals surface area contributed by atoms with Gasteiger partial charge in [-0.25, -0.2) is 0 Å². The number of fused-ring (bicyclic) bond motifs is 5. The maximum absolute atomic E-state index is 2.51. The fraction of sp³-hybridized carbons (Fsp3) is 0.0175. The van der Waals surface area contributed by atoms with Gasteiger partial charge in [0.15, 0.2) is 0 Å². The highest BCUT2D eigenvalue weighted by Crippen LogP contribution is 2.60. The summed E-state index contributed by atoms with van der Waals surface area (Å²) in [5.41, 5.74) is 15.1. The minimum atomic E-state index is -0.513. The number of nitrogens with zero attached hydrogens (tertiary/aromatic N) is 1. The van der Waals surface area contributed by atoms with Crippen molar-refractivity contribution in [3.8, 4) is 33.4 Å². The summed E-state index contributed by atoms with van der Waals surface area (Å²) >= 11 is 0. The second kappa shape index (κ2) is 13.9. The van der Waals surface area contributed by atoms with E-state index in [1.807, 2.05) is 0 Å². The van der Waals surface area contributed by atoms with E-state index in [0.717, 1.165) is 17.1 Å². The smallest absolute Gasteiger partial charge is 0.0714 e. The van der Waals surface area contributed by atoms with Crippen LogP contribution in [0.3, 0.4) is 0 Å². The van der Waals surface area contributed by atoms with Gasteiger partial charge in [-0.3, -0.25) is 0 Å². The molecule has 11 rings (SSSR count). The molecule has 1 heteroatoms. The number of anilines is 3. The monoisotopic (exact) mass is 737 g/mol. The quantitative estimate of drug-likeness (QED) is 0.157. The van der Waals surface area contributed by atoms with Crippen LogP contribution in [0.2, 0.25) is 0 Å². The Morgan fingerprint density at radius 1 is 0.293 bits per heavy atom. The first-order valence-electron chi connectivity index (χ1n) is 20.1. The molecular weight excluding hydrogens is 699 g/mol. The van der Waals surface area contributed by atoms with Crippen LogP contribution in [0.25, 0.3) is 54.9 Å². The van der Waals surface area contributed by atoms with Crippen LogP contribution in [0.5, 0.6) is 0 Å². The SMILES string of the molecule is c1ccc(N(c2cc(-c3ccc4ccccc4c3)ccc2-c2ccc3ccccc3c2)c2cccc3c2-c2ccccc2C3(c2ccccc2)c2ccccc2)cc1. The van der Waals surface area contributed by atoms with Crippen LogP contribution >= 0.6 is 0 Å². The molecule has 0 N–H and O–H groups in total. The minimum absolute atomic E-state index is 0.513. The van der Waals surface area contributed by atoms with Gasteiger partial charge in [-0.1, -0.05) is 200 Å². The summed E-state index contributed by atoms with van der Waals surface area (Å²) in [4.78, 5) is 2.51. The molecule has 10 aromatic rings. The summed E-state index contributed by atoms with van der Waals surface area (Å²) in [6, 6.07) is 87.0. The van der Waals surface area contributed by atoms with Crippen LogP contribution in [-0.2, 0) is 5.41 Å². The normalized spacial score (nSPS) is 12.6. The third-order valence-electron chi connectivity index (χ3n) is 12.1. The lowest BCUT2D eigenvalue weighted by Crippen LogP contribution is -2.28. The Labute approximate surface area is 339 Å². The largest absolute Gasteiger partial charge is 0.309 e. The van der Waals surface area contributed by atoms with Crippen molar-refractivity contribution in [1.29, 1.82) is 0 Å². The van der Waals surface area contributed by atoms with E-state index in [4.69, 9.17) is 0 Å². The lowest BCUT2D eigenvalue weighted by atomic mass is 9.68. The van der Waals surface area contributed by atoms with Crippen LogP contribution in [-0.4, -0.2) is 0 Å². The van der Waals surface area contributed by atoms with Gasteiger partial charge in [0.2, 0.25) is 0 Å². The molecule has 0 bridgehead atoms. The molecule has 10 aromatic carbocycles. The predicted octanol–water partition coefficient (Wildman–Crippen LogP) is 15.2. The molecule has 0 spiro atoms. The van der Waals surface area contributed by atoms with Crippen LogP contribution in [0, 0.1) is 0 Å². The van der Waals surface area contributed by atoms with Crippen LogP contribution in [0.4, 0.5) is 17.1 Å². The van der Waals surface area contributed by atoms with E-state index in [1.165, 1.54) is 77.2 Å². The Hall–Kier alpha value is -7.48. The van der Waals surface area contributed by atoms with E-state index in [0.29, 0.717) is 0 Å². The highest BCUT2D eigenvalue weighted by molar-refractivity contribution is 6.01. The van der Waals surface area contributed by atoms with Crippen molar-refractivity contribution >= 4 is 38.6 Å². The lowest BCUT2D eigenvalue weighted by Gasteiger charge is -2.34. The van der Waals surface area contributed by atoms with E-state index < -0.39 is 5.41 Å². The highest BCUT2D eigenvalue weighted by atomic mass is 15.1. The number of hydrogen-bond acceptors (Lipinski definition) is 1. The number of benzene rings is 10. The van der Waals surface area contributed by atoms with Gasteiger partial charge in [-0.2, -0.15) is 0 Å². The molecule has 0 saturated heterocycles. The summed E-state index contributed by atoms with van der Waals surface area (Å²) in [5.74, 6) is 0. The van der Waals surface area contributed by atoms with E-state index in [2.05, 4.69) is 241 Å². The maximum atomic E-state index is 2.51. The van der Waals surface area contributed by atoms with Gasteiger partial charge >= 0.3 is 0 Å². The molecule has 1 nitrogen and oxygen atoms in total. The molecule has 0 fully saturated rings. The molecule has 1 aliphatic carbocycles. The molecule has 0 saturated carbocycles. The van der Waals surface area contributed by atoms with Crippen molar-refractivity contribution in [2.24, 2.45) is 0 Å². The topological polar surface area (TPSA) is 3.24 Å². The molecule has 272 valence electrons. The van der Waals surface area contributed by atoms with Gasteiger partial charge in [-0.05, 0) is 102 Å². The average molecular weight is 738 g/mol. The number of rotatable bonds is 7. The standard InChI is InChI=1S/C57H39N/c1-4-21-47(22-5-1)57(48-23-6-2-7-24-48)52-28-15-14-27-51(52)56-53(57)29-16-30-54(56)58(49-25-8-3-9-26-49)55-39-45(44-33-31-40-17-10-12-19-42(40)37-44)35-36-50(55)46-34-32-41-18-11-13-20-43(41)38-46/h1-39H. The molecular formula is C57H39N. The van der Waals surface area contributed by atoms with E-state index in [-0.39, 0.29) is 0 Å². The predicted molar refractivity (Wildman–Crippen MR) is 244 cm³/mol. The summed E-state index contributed by atoms with van der Waals surface area (Å²) in [6.45, 7) is 0. The Morgan fingerprint density at radius 3 is 1.47 bits per heavy atom. The van der Waals surface area contributed by atoms with Crippen molar-refractivity contribution in [2.75, 3.05) is 4.90 Å². The number of hydrogen-bond donors (Lipinski definition) is 0. The second-order valence-electron chi connectivity index (χ2n) is 15.3. The summed E-state index contributed by atoms with van der Waals surface area (Å²) in [6.07, 6.45) is 0. The van der Waals surface area contributed by atoms with Crippen LogP contribution in [0.1, 0.15) is 22.3 Å². The Kier molecular flexibility index (Phi) is 8.12. The van der Waals surface area contributed by atoms with Gasteiger partial charge in [-0.15, -0.1) is 0 Å². The van der Waals surface area contributed by atoms with Gasteiger partial charge in [0.1, 0.15) is 0 Å². The van der Waals surface area contributed by atoms with Crippen molar-refractivity contribution in [3.63, 3.8) is 0 Å². The number of para-hydroxylation sites is 1. The molecule has 0 heterocycles. The van der Waals surface area contributed by atoms with Gasteiger partial charge in [0.25, 0.3) is 0 Å². The maximum Gasteiger partial charge on any atom is 0.0714 e. The molecule has 0 radical (unpaired) electrons. The first-order chi connectivity index (χ1) is 28.8. The van der Waals surface area contributed by atoms with Crippen molar-refractivity contribution in [2.45, 2.75) is 5.41 Å². The minimum Gasteiger partial charge on any atom is -0.309 e. The van der Waals surface area contributed by atoms with Gasteiger partial charge in [0, 0.05) is 16.8 Å². The Bertz CT molecular complexity index is 3070. The van der Waals surface area contributed by atoms with E-state index in [1.54, 1.807) is 0 Å². The fourth-order valence-corrected chi connectivity index (χ4v) is 9.51. The summed E-state index contributed by atoms with van der Waals surface area (Å²) in [7, 11) is 0. The Morgan fingerprint density at radius 2 is 0.793 bits per heavy atom. The lowest BCUT2D eigenvalue weighted by molar-refractivity contribution is 0.768. The first-order valence-corrected chi connectivity index (χ1v) is 20.1. The van der Waals surface area contributed by atoms with E-state index >= 15 is 0 Å². The van der Waals surface area contributed by atoms with Crippen molar-refractivity contribution in [1.82, 2.24) is 0 Å². The molecule has 58 heavy (non-hydrogen) atoms. The molecule has 0 aliphatic heterocycles. The first kappa shape index (κ1) is 33.8. The van der Waals surface area contributed by atoms with Crippen molar-refractivity contribution in [3.05, 3.63) is 259 Å². The zero-order chi connectivity index (χ0) is 38.5. The zero-order valence-electron chi connectivity index (χ0n) is 32.0. The molecule has 0 amide bonds. The zero-order valence-corrected chi connectivity index (χ0v) is 32.0. The van der Waals surface area contributed by atoms with Gasteiger partial charge in [0.05, 0.1) is 16.8 Å². The summed E-state index contributed by atoms with van der Waals surface area (Å²) < 4.78 is 0. The second-order valence-corrected chi connectivity index (χ2v) is 15.3. The van der Waals surface area contributed by atoms with E-state index in [9.17, 15) is 0 Å². The third-order valence-corrected chi connectivity index (χ3v) is 12.1. The van der Waals surface area contributed by atoms with Gasteiger partial charge < -0.3 is 4.90 Å². The van der Waals surface area contributed by atoms with Crippen LogP contribution in [0.15, 0.2) is 237 Å². The van der Waals surface area contributed by atoms with Crippen LogP contribution < -0.4 is 4.90 Å². The molecule has 0 aromatic heterocycles. The molecule has 0 unspecified atom stereocenters. The summed E-state index contributed by atoms with van der Waals surface area (Å²) in [5, 5.41) is 4.93. The average Bonchev–Trinajstić information content (AvgIpc) is 3.61. The van der Waals surface area contributed by atoms with Crippen molar-refractivity contribution < 1.29 is 0 Å². The molecule has 1 aliphatic rings. The fourth-order valence-electron chi connectivity index (χ4n) is 9.51.